The van der Waals surface area contributed by atoms with E-state index < -0.39 is 0 Å². The highest BCUT2D eigenvalue weighted by Gasteiger charge is 2.31. The number of aromatic nitrogens is 1. The first-order valence-electron chi connectivity index (χ1n) is 4.79. The number of carbonyl (C=O) groups excluding carboxylic acids is 1. The molecule has 4 nitrogen and oxygen atoms in total. The van der Waals surface area contributed by atoms with Crippen molar-refractivity contribution < 1.29 is 4.79 Å². The summed E-state index contributed by atoms with van der Waals surface area (Å²) < 4.78 is 0.707. The predicted molar refractivity (Wildman–Crippen MR) is 65.6 cm³/mol. The summed E-state index contributed by atoms with van der Waals surface area (Å²) in [6, 6.07) is 0. The molecule has 0 saturated carbocycles. The summed E-state index contributed by atoms with van der Waals surface area (Å²) in [5.41, 5.74) is 6.95. The molecule has 0 aliphatic carbocycles. The minimum atomic E-state index is -0.0352. The number of carbonyl (C=O) groups is 1. The molecular weight excluding hydrogens is 270 g/mol. The number of hydrogen-bond donors (Lipinski definition) is 1. The number of halogens is 1. The van der Waals surface area contributed by atoms with Crippen LogP contribution in [0.2, 0.25) is 0 Å². The van der Waals surface area contributed by atoms with E-state index in [0.717, 1.165) is 0 Å². The fraction of sp³-hybridized carbons (Fsp3) is 0.273. The molecule has 1 amide bonds. The van der Waals surface area contributed by atoms with Gasteiger partial charge in [-0.1, -0.05) is 0 Å². The first kappa shape index (κ1) is 11.0. The van der Waals surface area contributed by atoms with Crippen LogP contribution >= 0.6 is 15.9 Å². The van der Waals surface area contributed by atoms with Crippen LogP contribution in [-0.2, 0) is 4.79 Å². The summed E-state index contributed by atoms with van der Waals surface area (Å²) in [6.07, 6.45) is 8.85. The van der Waals surface area contributed by atoms with Crippen LogP contribution in [-0.4, -0.2) is 17.4 Å². The number of nitrogen functional groups attached to an aromatic ring is 1. The standard InChI is InChI=1S/C11H10BrN3O/c1-2-7-3-10(16)15(6-7)11-8(12)4-14-5-9(11)13/h1,4-5,7H,3,6,13H2. The maximum Gasteiger partial charge on any atom is 0.228 e. The average Bonchev–Trinajstić information content (AvgIpc) is 2.60. The Morgan fingerprint density at radius 3 is 2.94 bits per heavy atom. The highest BCUT2D eigenvalue weighted by Crippen LogP contribution is 2.35. The van der Waals surface area contributed by atoms with Gasteiger partial charge in [-0.25, -0.2) is 0 Å². The zero-order valence-electron chi connectivity index (χ0n) is 8.48. The molecule has 1 aromatic rings. The van der Waals surface area contributed by atoms with Gasteiger partial charge < -0.3 is 10.6 Å². The van der Waals surface area contributed by atoms with Crippen LogP contribution in [0.15, 0.2) is 16.9 Å². The smallest absolute Gasteiger partial charge is 0.228 e. The summed E-state index contributed by atoms with van der Waals surface area (Å²) >= 11 is 3.34. The maximum atomic E-state index is 11.8. The molecule has 0 radical (unpaired) electrons. The zero-order chi connectivity index (χ0) is 11.7. The van der Waals surface area contributed by atoms with Crippen LogP contribution in [0.3, 0.4) is 0 Å². The summed E-state index contributed by atoms with van der Waals surface area (Å²) in [7, 11) is 0. The van der Waals surface area contributed by atoms with Crippen molar-refractivity contribution in [1.29, 1.82) is 0 Å². The van der Waals surface area contributed by atoms with E-state index in [4.69, 9.17) is 12.2 Å². The van der Waals surface area contributed by atoms with Gasteiger partial charge in [0.05, 0.1) is 22.0 Å². The number of rotatable bonds is 1. The Kier molecular flexibility index (Phi) is 2.84. The van der Waals surface area contributed by atoms with Gasteiger partial charge in [0.15, 0.2) is 0 Å². The van der Waals surface area contributed by atoms with Crippen molar-refractivity contribution >= 4 is 33.2 Å². The van der Waals surface area contributed by atoms with Crippen molar-refractivity contribution in [3.63, 3.8) is 0 Å². The minimum absolute atomic E-state index is 0.00144. The van der Waals surface area contributed by atoms with Crippen LogP contribution in [0, 0.1) is 18.3 Å². The molecule has 2 N–H and O–H groups in total. The lowest BCUT2D eigenvalue weighted by Crippen LogP contribution is -2.25. The third-order valence-electron chi connectivity index (χ3n) is 2.53. The van der Waals surface area contributed by atoms with E-state index in [1.807, 2.05) is 0 Å². The van der Waals surface area contributed by atoms with Crippen molar-refractivity contribution in [2.45, 2.75) is 6.42 Å². The van der Waals surface area contributed by atoms with Gasteiger partial charge in [0, 0.05) is 25.1 Å². The SMILES string of the molecule is C#CC1CC(=O)N(c2c(N)cncc2Br)C1. The van der Waals surface area contributed by atoms with Crippen molar-refractivity contribution in [3.8, 4) is 12.3 Å². The third kappa shape index (κ3) is 1.76. The molecule has 5 heteroatoms. The molecule has 2 rings (SSSR count). The van der Waals surface area contributed by atoms with Crippen LogP contribution in [0.25, 0.3) is 0 Å². The van der Waals surface area contributed by atoms with Gasteiger partial charge in [-0.05, 0) is 15.9 Å². The van der Waals surface area contributed by atoms with E-state index in [0.29, 0.717) is 28.8 Å². The Morgan fingerprint density at radius 1 is 1.62 bits per heavy atom. The molecule has 1 unspecified atom stereocenters. The number of terminal acetylenes is 1. The molecule has 16 heavy (non-hydrogen) atoms. The van der Waals surface area contributed by atoms with Gasteiger partial charge in [0.1, 0.15) is 0 Å². The zero-order valence-corrected chi connectivity index (χ0v) is 10.1. The number of nitrogens with two attached hydrogens (primary N) is 1. The monoisotopic (exact) mass is 279 g/mol. The van der Waals surface area contributed by atoms with E-state index in [9.17, 15) is 4.79 Å². The van der Waals surface area contributed by atoms with E-state index >= 15 is 0 Å². The topological polar surface area (TPSA) is 59.2 Å². The Hall–Kier alpha value is -1.54. The van der Waals surface area contributed by atoms with Gasteiger partial charge in [0.2, 0.25) is 5.91 Å². The van der Waals surface area contributed by atoms with E-state index in [-0.39, 0.29) is 11.8 Å². The predicted octanol–water partition coefficient (Wildman–Crippen LogP) is 1.41. The van der Waals surface area contributed by atoms with E-state index in [1.54, 1.807) is 11.1 Å². The highest BCUT2D eigenvalue weighted by atomic mass is 79.9. The molecule has 0 bridgehead atoms. The molecular formula is C11H10BrN3O. The Morgan fingerprint density at radius 2 is 2.38 bits per heavy atom. The average molecular weight is 280 g/mol. The molecule has 1 aliphatic heterocycles. The maximum absolute atomic E-state index is 11.8. The quantitative estimate of drug-likeness (QED) is 0.791. The first-order chi connectivity index (χ1) is 7.63. The van der Waals surface area contributed by atoms with Crippen LogP contribution in [0.4, 0.5) is 11.4 Å². The van der Waals surface area contributed by atoms with Gasteiger partial charge in [-0.15, -0.1) is 12.3 Å². The molecule has 82 valence electrons. The number of pyridine rings is 1. The van der Waals surface area contributed by atoms with Crippen LogP contribution in [0.1, 0.15) is 6.42 Å². The van der Waals surface area contributed by atoms with Gasteiger partial charge >= 0.3 is 0 Å². The molecule has 0 spiro atoms. The van der Waals surface area contributed by atoms with Crippen molar-refractivity contribution in [2.24, 2.45) is 5.92 Å². The third-order valence-corrected chi connectivity index (χ3v) is 3.11. The second kappa shape index (κ2) is 4.14. The Labute approximate surface area is 102 Å². The largest absolute Gasteiger partial charge is 0.396 e. The van der Waals surface area contributed by atoms with E-state index in [2.05, 4.69) is 26.8 Å². The fourth-order valence-electron chi connectivity index (χ4n) is 1.76. The second-order valence-electron chi connectivity index (χ2n) is 3.63. The fourth-order valence-corrected chi connectivity index (χ4v) is 2.32. The van der Waals surface area contributed by atoms with Gasteiger partial charge in [-0.2, -0.15) is 0 Å². The Bertz CT molecular complexity index is 460. The summed E-state index contributed by atoms with van der Waals surface area (Å²) in [5.74, 6) is 2.56. The molecule has 2 heterocycles. The highest BCUT2D eigenvalue weighted by molar-refractivity contribution is 9.10. The van der Waals surface area contributed by atoms with Crippen molar-refractivity contribution in [1.82, 2.24) is 4.98 Å². The lowest BCUT2D eigenvalue weighted by atomic mass is 10.1. The van der Waals surface area contributed by atoms with Crippen molar-refractivity contribution in [2.75, 3.05) is 17.2 Å². The Balaban J connectivity index is 2.39. The molecule has 1 aromatic heterocycles. The lowest BCUT2D eigenvalue weighted by molar-refractivity contribution is -0.117. The van der Waals surface area contributed by atoms with Crippen molar-refractivity contribution in [3.05, 3.63) is 16.9 Å². The van der Waals surface area contributed by atoms with Crippen LogP contribution < -0.4 is 10.6 Å². The number of amides is 1. The number of anilines is 2. The number of nitrogens with zero attached hydrogens (tertiary/aromatic N) is 2. The molecule has 1 saturated heterocycles. The number of hydrogen-bond acceptors (Lipinski definition) is 3. The van der Waals surface area contributed by atoms with E-state index in [1.165, 1.54) is 6.20 Å². The lowest BCUT2D eigenvalue weighted by Gasteiger charge is -2.19. The second-order valence-corrected chi connectivity index (χ2v) is 4.49. The minimum Gasteiger partial charge on any atom is -0.396 e. The first-order valence-corrected chi connectivity index (χ1v) is 5.58. The molecule has 0 aromatic carbocycles. The molecule has 1 aliphatic rings. The summed E-state index contributed by atoms with van der Waals surface area (Å²) in [6.45, 7) is 0.516. The summed E-state index contributed by atoms with van der Waals surface area (Å²) in [5, 5.41) is 0. The summed E-state index contributed by atoms with van der Waals surface area (Å²) in [4.78, 5) is 17.3. The van der Waals surface area contributed by atoms with Gasteiger partial charge in [0.25, 0.3) is 0 Å². The molecule has 1 atom stereocenters. The van der Waals surface area contributed by atoms with Crippen LogP contribution in [0.5, 0.6) is 0 Å². The van der Waals surface area contributed by atoms with Gasteiger partial charge in [-0.3, -0.25) is 9.78 Å². The normalized spacial score (nSPS) is 19.9. The molecule has 1 fully saturated rings.